The lowest BCUT2D eigenvalue weighted by atomic mass is 10.0. The summed E-state index contributed by atoms with van der Waals surface area (Å²) in [7, 11) is 1.54. The maximum Gasteiger partial charge on any atom is 0.407 e. The molecule has 8 heteroatoms. The van der Waals surface area contributed by atoms with Crippen molar-refractivity contribution in [2.24, 2.45) is 0 Å². The lowest BCUT2D eigenvalue weighted by Gasteiger charge is -2.14. The number of hydrogen-bond donors (Lipinski definition) is 2. The standard InChI is InChI=1S/C19H18ClFN2O4/c1-26-17-9-13(4-3-12(17)8-14-10-27-19(25)23-14)22-18(24)7-11-2-5-16(21)15(20)6-11/h2-6,9,14H,7-8,10H2,1H3,(H,22,24)(H,23,25)/t14-/m0/s1. The van der Waals surface area contributed by atoms with Crippen molar-refractivity contribution in [2.45, 2.75) is 18.9 Å². The summed E-state index contributed by atoms with van der Waals surface area (Å²) in [5.74, 6) is -0.187. The fourth-order valence-corrected chi connectivity index (χ4v) is 3.04. The molecule has 0 saturated carbocycles. The number of anilines is 1. The number of hydrogen-bond acceptors (Lipinski definition) is 4. The zero-order chi connectivity index (χ0) is 19.4. The molecular weight excluding hydrogens is 375 g/mol. The summed E-state index contributed by atoms with van der Waals surface area (Å²) in [6.07, 6.45) is 0.191. The third-order valence-electron chi connectivity index (χ3n) is 4.12. The summed E-state index contributed by atoms with van der Waals surface area (Å²) in [6, 6.07) is 9.35. The molecule has 27 heavy (non-hydrogen) atoms. The van der Waals surface area contributed by atoms with Crippen molar-refractivity contribution < 1.29 is 23.5 Å². The molecule has 0 spiro atoms. The minimum atomic E-state index is -0.523. The monoisotopic (exact) mass is 392 g/mol. The molecule has 1 atom stereocenters. The summed E-state index contributed by atoms with van der Waals surface area (Å²) in [5.41, 5.74) is 2.07. The van der Waals surface area contributed by atoms with Gasteiger partial charge in [-0.05, 0) is 35.7 Å². The van der Waals surface area contributed by atoms with Crippen LogP contribution in [0.5, 0.6) is 5.75 Å². The van der Waals surface area contributed by atoms with Crippen LogP contribution in [0.25, 0.3) is 0 Å². The van der Waals surface area contributed by atoms with Gasteiger partial charge in [0.15, 0.2) is 0 Å². The van der Waals surface area contributed by atoms with Gasteiger partial charge in [0, 0.05) is 11.8 Å². The molecule has 2 aromatic rings. The molecule has 1 heterocycles. The number of amides is 2. The molecule has 1 aliphatic heterocycles. The van der Waals surface area contributed by atoms with Crippen molar-refractivity contribution in [3.63, 3.8) is 0 Å². The highest BCUT2D eigenvalue weighted by Gasteiger charge is 2.23. The van der Waals surface area contributed by atoms with E-state index in [2.05, 4.69) is 10.6 Å². The summed E-state index contributed by atoms with van der Waals surface area (Å²) in [4.78, 5) is 23.3. The normalized spacial score (nSPS) is 15.8. The Balaban J connectivity index is 1.64. The molecule has 1 fully saturated rings. The lowest BCUT2D eigenvalue weighted by Crippen LogP contribution is -2.28. The minimum Gasteiger partial charge on any atom is -0.496 e. The molecule has 2 amide bonds. The Kier molecular flexibility index (Phi) is 5.81. The second-order valence-corrected chi connectivity index (χ2v) is 6.55. The zero-order valence-electron chi connectivity index (χ0n) is 14.6. The molecular formula is C19H18ClFN2O4. The molecule has 0 unspecified atom stereocenters. The number of ether oxygens (including phenoxy) is 2. The lowest BCUT2D eigenvalue weighted by molar-refractivity contribution is -0.115. The van der Waals surface area contributed by atoms with Gasteiger partial charge < -0.3 is 20.1 Å². The Morgan fingerprint density at radius 3 is 2.85 bits per heavy atom. The minimum absolute atomic E-state index is 0.0192. The molecule has 3 rings (SSSR count). The Hall–Kier alpha value is -2.80. The topological polar surface area (TPSA) is 76.7 Å². The largest absolute Gasteiger partial charge is 0.496 e. The first-order valence-corrected chi connectivity index (χ1v) is 8.66. The molecule has 2 N–H and O–H groups in total. The van der Waals surface area contributed by atoms with Crippen molar-refractivity contribution in [1.82, 2.24) is 5.32 Å². The molecule has 142 valence electrons. The van der Waals surface area contributed by atoms with Gasteiger partial charge in [-0.2, -0.15) is 0 Å². The van der Waals surface area contributed by atoms with Crippen molar-refractivity contribution >= 4 is 29.3 Å². The summed E-state index contributed by atoms with van der Waals surface area (Å²) in [6.45, 7) is 0.306. The fraction of sp³-hybridized carbons (Fsp3) is 0.263. The maximum absolute atomic E-state index is 13.2. The second kappa shape index (κ2) is 8.26. The fourth-order valence-electron chi connectivity index (χ4n) is 2.83. The summed E-state index contributed by atoms with van der Waals surface area (Å²) in [5, 5.41) is 5.47. The quantitative estimate of drug-likeness (QED) is 0.790. The number of benzene rings is 2. The van der Waals surface area contributed by atoms with Gasteiger partial charge in [-0.1, -0.05) is 23.7 Å². The van der Waals surface area contributed by atoms with Crippen LogP contribution in [-0.2, 0) is 22.4 Å². The second-order valence-electron chi connectivity index (χ2n) is 6.14. The van der Waals surface area contributed by atoms with E-state index in [1.807, 2.05) is 6.07 Å². The zero-order valence-corrected chi connectivity index (χ0v) is 15.3. The van der Waals surface area contributed by atoms with Crippen LogP contribution in [0.3, 0.4) is 0 Å². The Labute approximate surface area is 160 Å². The summed E-state index contributed by atoms with van der Waals surface area (Å²) < 4.78 is 23.5. The molecule has 1 aliphatic rings. The van der Waals surface area contributed by atoms with Crippen LogP contribution in [0.2, 0.25) is 5.02 Å². The van der Waals surface area contributed by atoms with Crippen LogP contribution >= 0.6 is 11.6 Å². The van der Waals surface area contributed by atoms with Gasteiger partial charge in [-0.25, -0.2) is 9.18 Å². The molecule has 0 radical (unpaired) electrons. The van der Waals surface area contributed by atoms with Gasteiger partial charge in [0.25, 0.3) is 0 Å². The van der Waals surface area contributed by atoms with Gasteiger partial charge in [0.05, 0.1) is 24.6 Å². The van der Waals surface area contributed by atoms with Crippen LogP contribution in [0.4, 0.5) is 14.9 Å². The predicted molar refractivity (Wildman–Crippen MR) is 98.7 cm³/mol. The molecule has 0 bridgehead atoms. The van der Waals surface area contributed by atoms with Crippen LogP contribution in [0, 0.1) is 5.82 Å². The van der Waals surface area contributed by atoms with Crippen molar-refractivity contribution in [3.05, 3.63) is 58.4 Å². The van der Waals surface area contributed by atoms with E-state index in [-0.39, 0.29) is 23.4 Å². The number of methoxy groups -OCH3 is 1. The van der Waals surface area contributed by atoms with Gasteiger partial charge in [-0.15, -0.1) is 0 Å². The smallest absolute Gasteiger partial charge is 0.407 e. The van der Waals surface area contributed by atoms with Crippen LogP contribution in [0.1, 0.15) is 11.1 Å². The highest BCUT2D eigenvalue weighted by molar-refractivity contribution is 6.30. The third kappa shape index (κ3) is 4.89. The average Bonchev–Trinajstić information content (AvgIpc) is 3.04. The van der Waals surface area contributed by atoms with Gasteiger partial charge in [0.2, 0.25) is 5.91 Å². The van der Waals surface area contributed by atoms with Crippen LogP contribution in [0.15, 0.2) is 36.4 Å². The number of carbonyl (C=O) groups excluding carboxylic acids is 2. The number of nitrogens with one attached hydrogen (secondary N) is 2. The van der Waals surface area contributed by atoms with E-state index < -0.39 is 11.9 Å². The van der Waals surface area contributed by atoms with E-state index >= 15 is 0 Å². The van der Waals surface area contributed by atoms with E-state index in [1.165, 1.54) is 25.3 Å². The van der Waals surface area contributed by atoms with E-state index in [9.17, 15) is 14.0 Å². The number of halogens is 2. The third-order valence-corrected chi connectivity index (χ3v) is 4.41. The Morgan fingerprint density at radius 2 is 2.19 bits per heavy atom. The van der Waals surface area contributed by atoms with Crippen molar-refractivity contribution in [1.29, 1.82) is 0 Å². The number of cyclic esters (lactones) is 1. The van der Waals surface area contributed by atoms with Crippen molar-refractivity contribution in [3.8, 4) is 5.75 Å². The van der Waals surface area contributed by atoms with Gasteiger partial charge >= 0.3 is 6.09 Å². The average molecular weight is 393 g/mol. The predicted octanol–water partition coefficient (Wildman–Crippen LogP) is 3.32. The first-order valence-electron chi connectivity index (χ1n) is 8.28. The number of rotatable bonds is 6. The van der Waals surface area contributed by atoms with Crippen LogP contribution < -0.4 is 15.4 Å². The SMILES string of the molecule is COc1cc(NC(=O)Cc2ccc(F)c(Cl)c2)ccc1C[C@H]1COC(=O)N1. The van der Waals surface area contributed by atoms with E-state index in [0.29, 0.717) is 30.0 Å². The van der Waals surface area contributed by atoms with Crippen LogP contribution in [-0.4, -0.2) is 31.8 Å². The molecule has 0 aromatic heterocycles. The highest BCUT2D eigenvalue weighted by atomic mass is 35.5. The Morgan fingerprint density at radius 1 is 1.37 bits per heavy atom. The van der Waals surface area contributed by atoms with Gasteiger partial charge in [0.1, 0.15) is 18.2 Å². The first kappa shape index (κ1) is 19.0. The number of carbonyl (C=O) groups is 2. The first-order chi connectivity index (χ1) is 12.9. The van der Waals surface area contributed by atoms with E-state index in [4.69, 9.17) is 21.1 Å². The van der Waals surface area contributed by atoms with Crippen molar-refractivity contribution in [2.75, 3.05) is 19.0 Å². The summed E-state index contributed by atoms with van der Waals surface area (Å²) >= 11 is 5.73. The molecule has 1 saturated heterocycles. The number of alkyl carbamates (subject to hydrolysis) is 1. The van der Waals surface area contributed by atoms with E-state index in [0.717, 1.165) is 5.56 Å². The molecule has 0 aliphatic carbocycles. The highest BCUT2D eigenvalue weighted by Crippen LogP contribution is 2.25. The van der Waals surface area contributed by atoms with E-state index in [1.54, 1.807) is 12.1 Å². The molecule has 6 nitrogen and oxygen atoms in total. The maximum atomic E-state index is 13.2. The Bertz CT molecular complexity index is 875. The molecule has 2 aromatic carbocycles. The van der Waals surface area contributed by atoms with Gasteiger partial charge in [-0.3, -0.25) is 4.79 Å².